The molecule has 2 aromatic rings. The van der Waals surface area contributed by atoms with Crippen LogP contribution >= 0.6 is 0 Å². The monoisotopic (exact) mass is 464 g/mol. The van der Waals surface area contributed by atoms with E-state index >= 15 is 0 Å². The summed E-state index contributed by atoms with van der Waals surface area (Å²) in [5, 5.41) is 19.8. The Bertz CT molecular complexity index is 1210. The van der Waals surface area contributed by atoms with Crippen molar-refractivity contribution in [2.75, 3.05) is 14.2 Å². The summed E-state index contributed by atoms with van der Waals surface area (Å²) in [5.41, 5.74) is 6.49. The number of rotatable bonds is 8. The lowest BCUT2D eigenvalue weighted by molar-refractivity contribution is 0.373. The summed E-state index contributed by atoms with van der Waals surface area (Å²) in [4.78, 5) is 0. The first-order valence-electron chi connectivity index (χ1n) is 11.3. The second kappa shape index (κ2) is 11.1. The van der Waals surface area contributed by atoms with Crippen molar-refractivity contribution in [2.24, 2.45) is 0 Å². The first-order chi connectivity index (χ1) is 17.1. The highest BCUT2D eigenvalue weighted by molar-refractivity contribution is 5.64. The highest BCUT2D eigenvalue weighted by Crippen LogP contribution is 2.31. The zero-order valence-corrected chi connectivity index (χ0v) is 19.8. The van der Waals surface area contributed by atoms with Crippen LogP contribution in [0, 0.1) is 0 Å². The zero-order valence-electron chi connectivity index (χ0n) is 19.8. The van der Waals surface area contributed by atoms with Crippen LogP contribution in [0.15, 0.2) is 119 Å². The fraction of sp³-hybridized carbons (Fsp3) is 0.0968. The normalized spacial score (nSPS) is 14.1. The molecule has 0 bridgehead atoms. The number of ether oxygens (including phenoxy) is 2. The second-order valence-corrected chi connectivity index (χ2v) is 8.10. The number of allylic oxidation sites excluding steroid dienone is 14. The van der Waals surface area contributed by atoms with E-state index < -0.39 is 0 Å². The van der Waals surface area contributed by atoms with Gasteiger partial charge in [0.05, 0.1) is 14.2 Å². The minimum Gasteiger partial charge on any atom is -0.504 e. The average molecular weight is 465 g/mol. The lowest BCUT2D eigenvalue weighted by Crippen LogP contribution is -1.91. The highest BCUT2D eigenvalue weighted by atomic mass is 16.5. The molecule has 0 radical (unpaired) electrons. The Balaban J connectivity index is 1.67. The molecule has 0 heterocycles. The summed E-state index contributed by atoms with van der Waals surface area (Å²) >= 11 is 0. The molecule has 0 amide bonds. The number of benzene rings is 2. The van der Waals surface area contributed by atoms with Crippen molar-refractivity contribution in [3.8, 4) is 23.0 Å². The maximum absolute atomic E-state index is 9.90. The van der Waals surface area contributed by atoms with Gasteiger partial charge in [-0.2, -0.15) is 0 Å². The van der Waals surface area contributed by atoms with E-state index in [1.165, 1.54) is 0 Å². The van der Waals surface area contributed by atoms with E-state index in [0.29, 0.717) is 17.9 Å². The van der Waals surface area contributed by atoms with Gasteiger partial charge in [0.1, 0.15) is 0 Å². The molecule has 0 saturated heterocycles. The maximum Gasteiger partial charge on any atom is 0.161 e. The second-order valence-electron chi connectivity index (χ2n) is 8.10. The Kier molecular flexibility index (Phi) is 7.53. The number of aromatic hydroxyl groups is 2. The third kappa shape index (κ3) is 5.92. The molecule has 2 aliphatic rings. The number of phenolic OH excluding ortho intramolecular Hbond substituents is 2. The molecule has 0 fully saturated rings. The van der Waals surface area contributed by atoms with Gasteiger partial charge in [-0.3, -0.25) is 0 Å². The largest absolute Gasteiger partial charge is 0.504 e. The van der Waals surface area contributed by atoms with Gasteiger partial charge in [-0.05, 0) is 64.1 Å². The van der Waals surface area contributed by atoms with Gasteiger partial charge < -0.3 is 19.7 Å². The number of methoxy groups -OCH3 is 2. The van der Waals surface area contributed by atoms with Crippen LogP contribution in [0.25, 0.3) is 12.2 Å². The van der Waals surface area contributed by atoms with E-state index in [2.05, 4.69) is 36.5 Å². The van der Waals surface area contributed by atoms with Gasteiger partial charge in [-0.15, -0.1) is 0 Å². The Morgan fingerprint density at radius 1 is 0.657 bits per heavy atom. The fourth-order valence-electron chi connectivity index (χ4n) is 3.89. The van der Waals surface area contributed by atoms with Crippen LogP contribution in [0.3, 0.4) is 0 Å². The number of hydrogen-bond acceptors (Lipinski definition) is 4. The van der Waals surface area contributed by atoms with Crippen LogP contribution in [0.5, 0.6) is 23.0 Å². The van der Waals surface area contributed by atoms with Gasteiger partial charge in [0.15, 0.2) is 23.0 Å². The lowest BCUT2D eigenvalue weighted by Gasteiger charge is -2.10. The van der Waals surface area contributed by atoms with E-state index in [-0.39, 0.29) is 11.5 Å². The van der Waals surface area contributed by atoms with Gasteiger partial charge in [-0.1, -0.05) is 85.0 Å². The zero-order chi connectivity index (χ0) is 24.6. The third-order valence-electron chi connectivity index (χ3n) is 5.81. The van der Waals surface area contributed by atoms with E-state index in [0.717, 1.165) is 33.4 Å². The number of hydrogen-bond donors (Lipinski definition) is 2. The molecule has 0 aliphatic heterocycles. The standard InChI is InChI=1S/C31H28O4/c1-34-30-19-22(13-17-28(30)32)11-15-26(24-7-3-4-8-24)21-27(25-9-5-6-10-25)16-12-23-14-18-29(33)31(20-23)35-2/h3-20,32-33H,21H2,1-2H3/b15-11+,16-12+. The summed E-state index contributed by atoms with van der Waals surface area (Å²) < 4.78 is 10.5. The van der Waals surface area contributed by atoms with Crippen LogP contribution in [-0.4, -0.2) is 24.4 Å². The Labute approximate surface area is 206 Å². The topological polar surface area (TPSA) is 58.9 Å². The number of phenols is 2. The molecule has 2 aromatic carbocycles. The first-order valence-corrected chi connectivity index (χ1v) is 11.3. The van der Waals surface area contributed by atoms with Crippen LogP contribution in [0.4, 0.5) is 0 Å². The molecule has 0 spiro atoms. The molecule has 4 heteroatoms. The third-order valence-corrected chi connectivity index (χ3v) is 5.81. The quantitative estimate of drug-likeness (QED) is 0.438. The van der Waals surface area contributed by atoms with Crippen LogP contribution < -0.4 is 9.47 Å². The molecule has 4 rings (SSSR count). The molecule has 4 nitrogen and oxygen atoms in total. The molecular formula is C31H28O4. The summed E-state index contributed by atoms with van der Waals surface area (Å²) in [6.45, 7) is 0. The molecule has 0 aromatic heterocycles. The molecule has 176 valence electrons. The Morgan fingerprint density at radius 3 is 1.43 bits per heavy atom. The summed E-state index contributed by atoms with van der Waals surface area (Å²) in [6.07, 6.45) is 25.6. The Hall–Kier alpha value is -4.44. The Morgan fingerprint density at radius 2 is 1.06 bits per heavy atom. The van der Waals surface area contributed by atoms with Gasteiger partial charge in [0.2, 0.25) is 0 Å². The molecular weight excluding hydrogens is 436 g/mol. The van der Waals surface area contributed by atoms with Crippen molar-refractivity contribution in [1.82, 2.24) is 0 Å². The van der Waals surface area contributed by atoms with Gasteiger partial charge in [0, 0.05) is 0 Å². The van der Waals surface area contributed by atoms with Crippen molar-refractivity contribution in [2.45, 2.75) is 6.42 Å². The SMILES string of the molecule is COc1cc(/C=C/C(CC(/C=C/c2ccc(O)c(OC)c2)=C2C=CC=C2)=C2C=CC=C2)ccc1O. The molecule has 2 N–H and O–H groups in total. The maximum atomic E-state index is 9.90. The van der Waals surface area contributed by atoms with Crippen molar-refractivity contribution in [3.05, 3.63) is 131 Å². The smallest absolute Gasteiger partial charge is 0.161 e. The van der Waals surface area contributed by atoms with Gasteiger partial charge in [-0.25, -0.2) is 0 Å². The predicted molar refractivity (Wildman–Crippen MR) is 143 cm³/mol. The molecule has 2 aliphatic carbocycles. The molecule has 35 heavy (non-hydrogen) atoms. The van der Waals surface area contributed by atoms with Crippen molar-refractivity contribution in [1.29, 1.82) is 0 Å². The van der Waals surface area contributed by atoms with Crippen molar-refractivity contribution in [3.63, 3.8) is 0 Å². The van der Waals surface area contributed by atoms with E-state index in [1.54, 1.807) is 26.4 Å². The molecule has 0 saturated carbocycles. The van der Waals surface area contributed by atoms with E-state index in [4.69, 9.17) is 9.47 Å². The van der Waals surface area contributed by atoms with Gasteiger partial charge >= 0.3 is 0 Å². The predicted octanol–water partition coefficient (Wildman–Crippen LogP) is 7.08. The first kappa shape index (κ1) is 23.7. The van der Waals surface area contributed by atoms with Gasteiger partial charge in [0.25, 0.3) is 0 Å². The molecule has 0 unspecified atom stereocenters. The minimum absolute atomic E-state index is 0.118. The van der Waals surface area contributed by atoms with E-state index in [9.17, 15) is 10.2 Å². The summed E-state index contributed by atoms with van der Waals surface area (Å²) in [7, 11) is 3.09. The lowest BCUT2D eigenvalue weighted by atomic mass is 9.95. The highest BCUT2D eigenvalue weighted by Gasteiger charge is 2.09. The molecule has 0 atom stereocenters. The van der Waals surface area contributed by atoms with E-state index in [1.807, 2.05) is 60.7 Å². The minimum atomic E-state index is 0.118. The van der Waals surface area contributed by atoms with Crippen LogP contribution in [0.2, 0.25) is 0 Å². The fourth-order valence-corrected chi connectivity index (χ4v) is 3.89. The van der Waals surface area contributed by atoms with Crippen molar-refractivity contribution < 1.29 is 19.7 Å². The summed E-state index contributed by atoms with van der Waals surface area (Å²) in [6, 6.07) is 10.6. The van der Waals surface area contributed by atoms with Crippen LogP contribution in [0.1, 0.15) is 17.5 Å². The summed E-state index contributed by atoms with van der Waals surface area (Å²) in [5.74, 6) is 1.12. The van der Waals surface area contributed by atoms with Crippen molar-refractivity contribution >= 4 is 12.2 Å². The van der Waals surface area contributed by atoms with Crippen LogP contribution in [-0.2, 0) is 0 Å². The average Bonchev–Trinajstić information content (AvgIpc) is 3.60.